The predicted molar refractivity (Wildman–Crippen MR) is 60.4 cm³/mol. The third-order valence-electron chi connectivity index (χ3n) is 3.41. The standard InChI is InChI=1S/C13H18FN/c1-13(2)9-15-8-7-12(13)10-3-5-11(14)6-4-10/h3-6,12,15H,7-9H2,1-2H3/t12-/m0/s1. The van der Waals surface area contributed by atoms with Crippen molar-refractivity contribution in [1.29, 1.82) is 0 Å². The molecule has 1 nitrogen and oxygen atoms in total. The fourth-order valence-corrected chi connectivity index (χ4v) is 2.48. The molecule has 1 aromatic rings. The molecule has 0 aliphatic carbocycles. The molecule has 82 valence electrons. The molecule has 0 saturated carbocycles. The van der Waals surface area contributed by atoms with Crippen molar-refractivity contribution in [1.82, 2.24) is 5.32 Å². The lowest BCUT2D eigenvalue weighted by atomic mass is 9.71. The van der Waals surface area contributed by atoms with Crippen molar-refractivity contribution in [2.75, 3.05) is 13.1 Å². The van der Waals surface area contributed by atoms with Crippen LogP contribution in [0.15, 0.2) is 24.3 Å². The first-order valence-corrected chi connectivity index (χ1v) is 5.56. The van der Waals surface area contributed by atoms with E-state index in [1.165, 1.54) is 5.56 Å². The van der Waals surface area contributed by atoms with Gasteiger partial charge in [0.05, 0.1) is 0 Å². The van der Waals surface area contributed by atoms with Crippen molar-refractivity contribution in [2.24, 2.45) is 5.41 Å². The maximum absolute atomic E-state index is 12.8. The van der Waals surface area contributed by atoms with Crippen molar-refractivity contribution in [3.05, 3.63) is 35.6 Å². The first-order valence-electron chi connectivity index (χ1n) is 5.56. The molecule has 1 heterocycles. The second-order valence-electron chi connectivity index (χ2n) is 5.06. The van der Waals surface area contributed by atoms with Gasteiger partial charge in [0.25, 0.3) is 0 Å². The number of hydrogen-bond acceptors (Lipinski definition) is 1. The van der Waals surface area contributed by atoms with E-state index in [4.69, 9.17) is 0 Å². The van der Waals surface area contributed by atoms with Gasteiger partial charge in [0.2, 0.25) is 0 Å². The van der Waals surface area contributed by atoms with E-state index < -0.39 is 0 Å². The van der Waals surface area contributed by atoms with Gasteiger partial charge in [-0.05, 0) is 42.0 Å². The number of nitrogens with one attached hydrogen (secondary N) is 1. The minimum Gasteiger partial charge on any atom is -0.316 e. The molecule has 15 heavy (non-hydrogen) atoms. The quantitative estimate of drug-likeness (QED) is 0.746. The summed E-state index contributed by atoms with van der Waals surface area (Å²) in [6, 6.07) is 6.97. The van der Waals surface area contributed by atoms with E-state index in [1.54, 1.807) is 12.1 Å². The van der Waals surface area contributed by atoms with Crippen molar-refractivity contribution < 1.29 is 4.39 Å². The normalized spacial score (nSPS) is 25.1. The van der Waals surface area contributed by atoms with Gasteiger partial charge in [0.15, 0.2) is 0 Å². The Morgan fingerprint density at radius 2 is 1.93 bits per heavy atom. The van der Waals surface area contributed by atoms with Gasteiger partial charge in [0, 0.05) is 6.54 Å². The van der Waals surface area contributed by atoms with Gasteiger partial charge in [-0.1, -0.05) is 26.0 Å². The lowest BCUT2D eigenvalue weighted by Crippen LogP contribution is -2.41. The SMILES string of the molecule is CC1(C)CNCC[C@H]1c1ccc(F)cc1. The topological polar surface area (TPSA) is 12.0 Å². The molecule has 2 heteroatoms. The number of benzene rings is 1. The second kappa shape index (κ2) is 3.93. The summed E-state index contributed by atoms with van der Waals surface area (Å²) in [5.74, 6) is 0.393. The molecule has 1 fully saturated rings. The zero-order chi connectivity index (χ0) is 10.9. The first kappa shape index (κ1) is 10.6. The summed E-state index contributed by atoms with van der Waals surface area (Å²) >= 11 is 0. The van der Waals surface area contributed by atoms with E-state index in [2.05, 4.69) is 19.2 Å². The minimum absolute atomic E-state index is 0.148. The molecule has 1 aromatic carbocycles. The molecule has 0 radical (unpaired) electrons. The Balaban J connectivity index is 2.25. The first-order chi connectivity index (χ1) is 7.09. The number of halogens is 1. The Morgan fingerprint density at radius 3 is 2.53 bits per heavy atom. The highest BCUT2D eigenvalue weighted by molar-refractivity contribution is 5.23. The molecule has 0 spiro atoms. The fraction of sp³-hybridized carbons (Fsp3) is 0.538. The molecular formula is C13H18FN. The monoisotopic (exact) mass is 207 g/mol. The molecule has 0 amide bonds. The van der Waals surface area contributed by atoms with Crippen LogP contribution in [0.5, 0.6) is 0 Å². The highest BCUT2D eigenvalue weighted by Gasteiger charge is 2.32. The van der Waals surface area contributed by atoms with Gasteiger partial charge < -0.3 is 5.32 Å². The Labute approximate surface area is 90.7 Å². The molecule has 0 bridgehead atoms. The van der Waals surface area contributed by atoms with Gasteiger partial charge in [-0.15, -0.1) is 0 Å². The lowest BCUT2D eigenvalue weighted by molar-refractivity contribution is 0.219. The van der Waals surface area contributed by atoms with Crippen molar-refractivity contribution >= 4 is 0 Å². The van der Waals surface area contributed by atoms with Crippen LogP contribution in [0.25, 0.3) is 0 Å². The summed E-state index contributed by atoms with van der Waals surface area (Å²) in [5, 5.41) is 3.41. The average molecular weight is 207 g/mol. The fourth-order valence-electron chi connectivity index (χ4n) is 2.48. The summed E-state index contributed by atoms with van der Waals surface area (Å²) in [4.78, 5) is 0. The van der Waals surface area contributed by atoms with Crippen LogP contribution in [0.3, 0.4) is 0 Å². The summed E-state index contributed by atoms with van der Waals surface area (Å²) in [6.45, 7) is 6.64. The van der Waals surface area contributed by atoms with Crippen molar-refractivity contribution in [3.63, 3.8) is 0 Å². The van der Waals surface area contributed by atoms with Crippen molar-refractivity contribution in [2.45, 2.75) is 26.2 Å². The van der Waals surface area contributed by atoms with Gasteiger partial charge in [-0.3, -0.25) is 0 Å². The van der Waals surface area contributed by atoms with Crippen LogP contribution >= 0.6 is 0 Å². The molecule has 1 N–H and O–H groups in total. The molecule has 1 saturated heterocycles. The van der Waals surface area contributed by atoms with Crippen LogP contribution < -0.4 is 5.32 Å². The summed E-state index contributed by atoms with van der Waals surface area (Å²) in [7, 11) is 0. The van der Waals surface area contributed by atoms with E-state index in [0.717, 1.165) is 19.5 Å². The summed E-state index contributed by atoms with van der Waals surface area (Å²) < 4.78 is 12.8. The van der Waals surface area contributed by atoms with Gasteiger partial charge in [0.1, 0.15) is 5.82 Å². The molecule has 1 atom stereocenters. The Kier molecular flexibility index (Phi) is 2.79. The number of hydrogen-bond donors (Lipinski definition) is 1. The molecule has 1 aliphatic rings. The van der Waals surface area contributed by atoms with Gasteiger partial charge >= 0.3 is 0 Å². The van der Waals surface area contributed by atoms with Gasteiger partial charge in [-0.2, -0.15) is 0 Å². The van der Waals surface area contributed by atoms with Crippen LogP contribution in [-0.2, 0) is 0 Å². The van der Waals surface area contributed by atoms with Crippen LogP contribution in [0.2, 0.25) is 0 Å². The van der Waals surface area contributed by atoms with Crippen molar-refractivity contribution in [3.8, 4) is 0 Å². The minimum atomic E-state index is -0.148. The second-order valence-corrected chi connectivity index (χ2v) is 5.06. The maximum atomic E-state index is 12.8. The maximum Gasteiger partial charge on any atom is 0.123 e. The molecular weight excluding hydrogens is 189 g/mol. The zero-order valence-electron chi connectivity index (χ0n) is 9.39. The van der Waals surface area contributed by atoms with E-state index in [0.29, 0.717) is 5.92 Å². The van der Waals surface area contributed by atoms with E-state index in [-0.39, 0.29) is 11.2 Å². The number of rotatable bonds is 1. The van der Waals surface area contributed by atoms with E-state index in [9.17, 15) is 4.39 Å². The van der Waals surface area contributed by atoms with Gasteiger partial charge in [-0.25, -0.2) is 4.39 Å². The smallest absolute Gasteiger partial charge is 0.123 e. The van der Waals surface area contributed by atoms with Crippen LogP contribution in [-0.4, -0.2) is 13.1 Å². The average Bonchev–Trinajstić information content (AvgIpc) is 2.19. The third-order valence-corrected chi connectivity index (χ3v) is 3.41. The lowest BCUT2D eigenvalue weighted by Gasteiger charge is -2.39. The van der Waals surface area contributed by atoms with Crippen LogP contribution in [0.1, 0.15) is 31.7 Å². The molecule has 0 unspecified atom stereocenters. The predicted octanol–water partition coefficient (Wildman–Crippen LogP) is 2.93. The zero-order valence-corrected chi connectivity index (χ0v) is 9.39. The summed E-state index contributed by atoms with van der Waals surface area (Å²) in [6.07, 6.45) is 1.14. The Bertz CT molecular complexity index is 329. The Hall–Kier alpha value is -0.890. The summed E-state index contributed by atoms with van der Waals surface area (Å²) in [5.41, 5.74) is 1.53. The highest BCUT2D eigenvalue weighted by Crippen LogP contribution is 2.39. The molecule has 1 aliphatic heterocycles. The molecule has 0 aromatic heterocycles. The number of piperidine rings is 1. The molecule has 2 rings (SSSR count). The third kappa shape index (κ3) is 2.20. The highest BCUT2D eigenvalue weighted by atomic mass is 19.1. The largest absolute Gasteiger partial charge is 0.316 e. The van der Waals surface area contributed by atoms with E-state index in [1.807, 2.05) is 12.1 Å². The van der Waals surface area contributed by atoms with Crippen LogP contribution in [0, 0.1) is 11.2 Å². The Morgan fingerprint density at radius 1 is 1.27 bits per heavy atom. The van der Waals surface area contributed by atoms with E-state index >= 15 is 0 Å². The van der Waals surface area contributed by atoms with Crippen LogP contribution in [0.4, 0.5) is 4.39 Å².